The van der Waals surface area contributed by atoms with Crippen LogP contribution in [-0.4, -0.2) is 65.7 Å². The van der Waals surface area contributed by atoms with Gasteiger partial charge in [-0.1, -0.05) is 12.1 Å². The predicted octanol–water partition coefficient (Wildman–Crippen LogP) is 2.49. The van der Waals surface area contributed by atoms with E-state index < -0.39 is 10.0 Å². The Kier molecular flexibility index (Phi) is 8.11. The number of ether oxygens (including phenoxy) is 2. The van der Waals surface area contributed by atoms with Crippen molar-refractivity contribution in [1.29, 1.82) is 0 Å². The van der Waals surface area contributed by atoms with E-state index in [0.29, 0.717) is 32.1 Å². The topological polar surface area (TPSA) is 88.2 Å². The second-order valence-electron chi connectivity index (χ2n) is 7.43. The zero-order chi connectivity index (χ0) is 23.1. The van der Waals surface area contributed by atoms with E-state index in [-0.39, 0.29) is 22.9 Å². The van der Waals surface area contributed by atoms with Crippen molar-refractivity contribution < 1.29 is 22.7 Å². The van der Waals surface area contributed by atoms with Gasteiger partial charge < -0.3 is 19.3 Å². The number of nitrogens with zero attached hydrogens (tertiary/aromatic N) is 2. The third kappa shape index (κ3) is 5.59. The van der Waals surface area contributed by atoms with E-state index in [4.69, 9.17) is 9.47 Å². The quantitative estimate of drug-likeness (QED) is 0.617. The molecule has 9 heteroatoms. The van der Waals surface area contributed by atoms with Crippen molar-refractivity contribution in [3.63, 3.8) is 0 Å². The number of anilines is 1. The van der Waals surface area contributed by atoms with Crippen LogP contribution in [0.5, 0.6) is 5.75 Å². The molecule has 3 rings (SSSR count). The minimum Gasteiger partial charge on any atom is -0.496 e. The van der Waals surface area contributed by atoms with Crippen LogP contribution in [0.25, 0.3) is 0 Å². The van der Waals surface area contributed by atoms with Crippen LogP contribution in [0, 0.1) is 0 Å². The molecule has 32 heavy (non-hydrogen) atoms. The number of amides is 1. The van der Waals surface area contributed by atoms with Crippen LogP contribution in [0.3, 0.4) is 0 Å². The summed E-state index contributed by atoms with van der Waals surface area (Å²) in [4.78, 5) is 16.8. The average molecular weight is 462 g/mol. The fraction of sp³-hybridized carbons (Fsp3) is 0.435. The van der Waals surface area contributed by atoms with Crippen molar-refractivity contribution in [2.24, 2.45) is 0 Å². The fourth-order valence-corrected chi connectivity index (χ4v) is 4.68. The molecule has 0 aliphatic carbocycles. The van der Waals surface area contributed by atoms with E-state index in [1.165, 1.54) is 25.3 Å². The maximum atomic E-state index is 12.9. The molecular weight excluding hydrogens is 430 g/mol. The normalized spacial score (nSPS) is 14.3. The highest BCUT2D eigenvalue weighted by Gasteiger charge is 2.24. The summed E-state index contributed by atoms with van der Waals surface area (Å²) in [6, 6.07) is 12.1. The van der Waals surface area contributed by atoms with Crippen LogP contribution in [-0.2, 0) is 21.3 Å². The van der Waals surface area contributed by atoms with Crippen LogP contribution in [0.2, 0.25) is 0 Å². The van der Waals surface area contributed by atoms with Crippen LogP contribution >= 0.6 is 0 Å². The van der Waals surface area contributed by atoms with Gasteiger partial charge in [-0.25, -0.2) is 13.1 Å². The van der Waals surface area contributed by atoms with Crippen molar-refractivity contribution in [2.45, 2.75) is 25.3 Å². The lowest BCUT2D eigenvalue weighted by molar-refractivity contribution is 0.0300. The van der Waals surface area contributed by atoms with Gasteiger partial charge in [0.25, 0.3) is 5.91 Å². The number of benzene rings is 2. The van der Waals surface area contributed by atoms with Gasteiger partial charge in [0, 0.05) is 38.4 Å². The first kappa shape index (κ1) is 24.0. The Morgan fingerprint density at radius 3 is 2.34 bits per heavy atom. The summed E-state index contributed by atoms with van der Waals surface area (Å²) >= 11 is 0. The maximum Gasteiger partial charge on any atom is 0.257 e. The Labute approximate surface area is 190 Å². The first-order chi connectivity index (χ1) is 15.4. The zero-order valence-electron chi connectivity index (χ0n) is 18.8. The predicted molar refractivity (Wildman–Crippen MR) is 124 cm³/mol. The van der Waals surface area contributed by atoms with Gasteiger partial charge in [0.2, 0.25) is 10.0 Å². The SMILES string of the molecule is CCN(CC)c1ccc(CNS(=O)(=O)c2ccc(OC)c(C(=O)N3CCOCC3)c2)cc1. The molecule has 2 aromatic carbocycles. The highest BCUT2D eigenvalue weighted by molar-refractivity contribution is 7.89. The van der Waals surface area contributed by atoms with Gasteiger partial charge in [0.1, 0.15) is 5.75 Å². The smallest absolute Gasteiger partial charge is 0.257 e. The molecule has 1 amide bonds. The highest BCUT2D eigenvalue weighted by atomic mass is 32.2. The molecule has 174 valence electrons. The lowest BCUT2D eigenvalue weighted by Gasteiger charge is -2.27. The summed E-state index contributed by atoms with van der Waals surface area (Å²) in [6.45, 7) is 8.00. The van der Waals surface area contributed by atoms with Crippen LogP contribution in [0.15, 0.2) is 47.4 Å². The molecule has 0 aromatic heterocycles. The van der Waals surface area contributed by atoms with Gasteiger partial charge in [0.05, 0.1) is 30.8 Å². The average Bonchev–Trinajstić information content (AvgIpc) is 2.84. The molecule has 1 heterocycles. The first-order valence-electron chi connectivity index (χ1n) is 10.8. The largest absolute Gasteiger partial charge is 0.496 e. The number of hydrogen-bond donors (Lipinski definition) is 1. The molecule has 0 unspecified atom stereocenters. The molecule has 8 nitrogen and oxygen atoms in total. The maximum absolute atomic E-state index is 12.9. The van der Waals surface area contributed by atoms with Crippen LogP contribution in [0.1, 0.15) is 29.8 Å². The zero-order valence-corrected chi connectivity index (χ0v) is 19.7. The third-order valence-corrected chi connectivity index (χ3v) is 6.94. The molecule has 0 spiro atoms. The van der Waals surface area contributed by atoms with Gasteiger partial charge in [0.15, 0.2) is 0 Å². The van der Waals surface area contributed by atoms with Gasteiger partial charge in [-0.2, -0.15) is 0 Å². The number of methoxy groups -OCH3 is 1. The number of carbonyl (C=O) groups is 1. The van der Waals surface area contributed by atoms with Gasteiger partial charge in [-0.15, -0.1) is 0 Å². The standard InChI is InChI=1S/C23H31N3O5S/c1-4-25(5-2)19-8-6-18(7-9-19)17-24-32(28,29)20-10-11-22(30-3)21(16-20)23(27)26-12-14-31-15-13-26/h6-11,16,24H,4-5,12-15,17H2,1-3H3. The molecule has 1 N–H and O–H groups in total. The molecule has 1 aliphatic heterocycles. The molecule has 0 radical (unpaired) electrons. The Balaban J connectivity index is 1.75. The van der Waals surface area contributed by atoms with Crippen molar-refractivity contribution >= 4 is 21.6 Å². The Morgan fingerprint density at radius 1 is 1.09 bits per heavy atom. The molecule has 0 atom stereocenters. The van der Waals surface area contributed by atoms with Crippen molar-refractivity contribution in [3.8, 4) is 5.75 Å². The first-order valence-corrected chi connectivity index (χ1v) is 12.3. The molecule has 2 aromatic rings. The van der Waals surface area contributed by atoms with E-state index in [9.17, 15) is 13.2 Å². The van der Waals surface area contributed by atoms with Gasteiger partial charge in [-0.3, -0.25) is 4.79 Å². The van der Waals surface area contributed by atoms with E-state index in [1.54, 1.807) is 4.90 Å². The Bertz CT molecular complexity index is 1010. The molecule has 1 aliphatic rings. The third-order valence-electron chi connectivity index (χ3n) is 5.54. The monoisotopic (exact) mass is 461 g/mol. The van der Waals surface area contributed by atoms with E-state index >= 15 is 0 Å². The summed E-state index contributed by atoms with van der Waals surface area (Å²) in [7, 11) is -2.36. The van der Waals surface area contributed by atoms with Crippen LogP contribution < -0.4 is 14.4 Å². The summed E-state index contributed by atoms with van der Waals surface area (Å²) in [5, 5.41) is 0. The number of hydrogen-bond acceptors (Lipinski definition) is 6. The number of nitrogens with one attached hydrogen (secondary N) is 1. The highest BCUT2D eigenvalue weighted by Crippen LogP contribution is 2.25. The molecule has 0 saturated carbocycles. The van der Waals surface area contributed by atoms with E-state index in [2.05, 4.69) is 23.5 Å². The van der Waals surface area contributed by atoms with Crippen molar-refractivity contribution in [3.05, 3.63) is 53.6 Å². The number of morpholine rings is 1. The molecule has 0 bridgehead atoms. The fourth-order valence-electron chi connectivity index (χ4n) is 3.63. The summed E-state index contributed by atoms with van der Waals surface area (Å²) < 4.78 is 39.1. The summed E-state index contributed by atoms with van der Waals surface area (Å²) in [5.74, 6) is 0.0709. The minimum atomic E-state index is -3.82. The number of carbonyl (C=O) groups excluding carboxylic acids is 1. The molecule has 1 fully saturated rings. The summed E-state index contributed by atoms with van der Waals surface area (Å²) in [6.07, 6.45) is 0. The Morgan fingerprint density at radius 2 is 1.75 bits per heavy atom. The van der Waals surface area contributed by atoms with Crippen LogP contribution in [0.4, 0.5) is 5.69 Å². The second kappa shape index (κ2) is 10.8. The van der Waals surface area contributed by atoms with Crippen molar-refractivity contribution in [2.75, 3.05) is 51.4 Å². The second-order valence-corrected chi connectivity index (χ2v) is 9.20. The minimum absolute atomic E-state index is 0.0228. The lowest BCUT2D eigenvalue weighted by atomic mass is 10.1. The van der Waals surface area contributed by atoms with Gasteiger partial charge >= 0.3 is 0 Å². The number of rotatable bonds is 9. The van der Waals surface area contributed by atoms with Gasteiger partial charge in [-0.05, 0) is 49.7 Å². The molecular formula is C23H31N3O5S. The van der Waals surface area contributed by atoms with Crippen molar-refractivity contribution in [1.82, 2.24) is 9.62 Å². The summed E-state index contributed by atoms with van der Waals surface area (Å²) in [5.41, 5.74) is 2.17. The van der Waals surface area contributed by atoms with E-state index in [1.807, 2.05) is 24.3 Å². The number of sulfonamides is 1. The van der Waals surface area contributed by atoms with E-state index in [0.717, 1.165) is 24.3 Å². The Hall–Kier alpha value is -2.62. The lowest BCUT2D eigenvalue weighted by Crippen LogP contribution is -2.40. The molecule has 1 saturated heterocycles.